The number of nitrogens with two attached hydrogens (primary N) is 1. The molecule has 2 amide bonds. The molecule has 11 nitrogen and oxygen atoms in total. The fraction of sp³-hybridized carbons (Fsp3) is 0.310. The van der Waals surface area contributed by atoms with Gasteiger partial charge in [0.15, 0.2) is 0 Å². The van der Waals surface area contributed by atoms with E-state index in [2.05, 4.69) is 15.6 Å². The van der Waals surface area contributed by atoms with E-state index in [0.29, 0.717) is 18.5 Å². The van der Waals surface area contributed by atoms with Gasteiger partial charge in [0, 0.05) is 25.6 Å². The van der Waals surface area contributed by atoms with Crippen LogP contribution in [-0.2, 0) is 42.0 Å². The number of carbonyl (C=O) groups is 3. The molecule has 3 aromatic rings. The number of nitrogens with one attached hydrogen (secondary N) is 2. The third-order valence-electron chi connectivity index (χ3n) is 6.03. The van der Waals surface area contributed by atoms with Gasteiger partial charge in [-0.05, 0) is 44.0 Å². The molecule has 2 aromatic carbocycles. The van der Waals surface area contributed by atoms with E-state index in [1.165, 1.54) is 30.7 Å². The van der Waals surface area contributed by atoms with Crippen molar-refractivity contribution in [2.45, 2.75) is 50.1 Å². The summed E-state index contributed by atoms with van der Waals surface area (Å²) in [6, 6.07) is 14.0. The zero-order chi connectivity index (χ0) is 29.8. The van der Waals surface area contributed by atoms with Crippen LogP contribution in [-0.4, -0.2) is 60.4 Å². The number of nitrogens with zero attached hydrogens (tertiary/aromatic N) is 2. The first-order chi connectivity index (χ1) is 19.6. The van der Waals surface area contributed by atoms with Crippen molar-refractivity contribution < 1.29 is 27.5 Å². The van der Waals surface area contributed by atoms with E-state index >= 15 is 0 Å². The number of imidazole rings is 1. The van der Waals surface area contributed by atoms with E-state index in [1.54, 1.807) is 25.1 Å². The van der Waals surface area contributed by atoms with Crippen molar-refractivity contribution >= 4 is 27.8 Å². The van der Waals surface area contributed by atoms with Crippen molar-refractivity contribution in [1.82, 2.24) is 19.6 Å². The summed E-state index contributed by atoms with van der Waals surface area (Å²) in [4.78, 5) is 41.3. The van der Waals surface area contributed by atoms with Gasteiger partial charge < -0.3 is 21.1 Å². The van der Waals surface area contributed by atoms with E-state index < -0.39 is 39.9 Å². The van der Waals surface area contributed by atoms with Gasteiger partial charge >= 0.3 is 5.97 Å². The van der Waals surface area contributed by atoms with Gasteiger partial charge in [0.25, 0.3) is 10.0 Å². The summed E-state index contributed by atoms with van der Waals surface area (Å²) in [5, 5.41) is 5.34. The molecule has 1 heterocycles. The first kappa shape index (κ1) is 31.2. The Bertz CT molecular complexity index is 1450. The number of hydrogen-bond donors (Lipinski definition) is 3. The zero-order valence-electron chi connectivity index (χ0n) is 23.0. The minimum Gasteiger partial charge on any atom is -0.464 e. The Kier molecular flexibility index (Phi) is 11.4. The van der Waals surface area contributed by atoms with Crippen LogP contribution in [0.2, 0.25) is 0 Å². The molecule has 0 saturated heterocycles. The second-order valence-electron chi connectivity index (χ2n) is 9.31. The molecule has 0 aliphatic rings. The van der Waals surface area contributed by atoms with Crippen LogP contribution < -0.4 is 16.4 Å². The van der Waals surface area contributed by atoms with Gasteiger partial charge in [-0.25, -0.2) is 22.2 Å². The molecule has 218 valence electrons. The molecule has 1 aromatic heterocycles. The largest absolute Gasteiger partial charge is 0.464 e. The van der Waals surface area contributed by atoms with E-state index in [-0.39, 0.29) is 24.5 Å². The van der Waals surface area contributed by atoms with Crippen LogP contribution in [0.1, 0.15) is 30.2 Å². The van der Waals surface area contributed by atoms with Gasteiger partial charge in [0.05, 0.1) is 23.2 Å². The van der Waals surface area contributed by atoms with Crippen LogP contribution in [0, 0.1) is 6.92 Å². The summed E-state index contributed by atoms with van der Waals surface area (Å²) in [7, 11) is -3.80. The number of carbonyl (C=O) groups excluding carboxylic acids is 3. The van der Waals surface area contributed by atoms with Gasteiger partial charge in [-0.3, -0.25) is 9.59 Å². The topological polar surface area (TPSA) is 162 Å². The number of amides is 2. The van der Waals surface area contributed by atoms with Crippen LogP contribution in [0.3, 0.4) is 0 Å². The van der Waals surface area contributed by atoms with Gasteiger partial charge in [0.1, 0.15) is 12.4 Å². The Labute approximate surface area is 239 Å². The summed E-state index contributed by atoms with van der Waals surface area (Å²) < 4.78 is 31.7. The van der Waals surface area contributed by atoms with E-state index in [4.69, 9.17) is 10.5 Å². The highest BCUT2D eigenvalue weighted by molar-refractivity contribution is 7.90. The summed E-state index contributed by atoms with van der Waals surface area (Å²) in [5.41, 5.74) is 8.17. The normalized spacial score (nSPS) is 13.0. The van der Waals surface area contributed by atoms with E-state index in [9.17, 15) is 22.8 Å². The number of rotatable bonds is 14. The summed E-state index contributed by atoms with van der Waals surface area (Å²) in [6.45, 7) is 3.98. The van der Waals surface area contributed by atoms with Gasteiger partial charge in [-0.2, -0.15) is 0 Å². The van der Waals surface area contributed by atoms with Crippen molar-refractivity contribution in [3.8, 4) is 0 Å². The summed E-state index contributed by atoms with van der Waals surface area (Å²) in [5.74, 6) is -1.42. The minimum atomic E-state index is -3.80. The third-order valence-corrected chi connectivity index (χ3v) is 7.65. The average Bonchev–Trinajstić information content (AvgIpc) is 3.42. The van der Waals surface area contributed by atoms with E-state index in [0.717, 1.165) is 15.1 Å². The smallest absolute Gasteiger partial charge is 0.328 e. The molecule has 3 rings (SSSR count). The lowest BCUT2D eigenvalue weighted by Gasteiger charge is -2.16. The number of esters is 1. The van der Waals surface area contributed by atoms with Crippen molar-refractivity contribution in [1.29, 1.82) is 0 Å². The maximum Gasteiger partial charge on any atom is 0.328 e. The summed E-state index contributed by atoms with van der Waals surface area (Å²) >= 11 is 0. The van der Waals surface area contributed by atoms with Crippen molar-refractivity contribution in [2.24, 2.45) is 5.73 Å². The van der Waals surface area contributed by atoms with E-state index in [1.807, 2.05) is 37.3 Å². The minimum absolute atomic E-state index is 0.0388. The average molecular weight is 582 g/mol. The Morgan fingerprint density at radius 2 is 1.78 bits per heavy atom. The Morgan fingerprint density at radius 3 is 2.46 bits per heavy atom. The van der Waals surface area contributed by atoms with Crippen LogP contribution in [0.25, 0.3) is 0 Å². The number of benzene rings is 2. The molecule has 12 heteroatoms. The fourth-order valence-electron chi connectivity index (χ4n) is 3.84. The molecule has 0 aliphatic heterocycles. The Balaban J connectivity index is 1.44. The highest BCUT2D eigenvalue weighted by atomic mass is 32.2. The second kappa shape index (κ2) is 14.9. The molecule has 0 radical (unpaired) electrons. The van der Waals surface area contributed by atoms with Gasteiger partial charge in [-0.1, -0.05) is 54.1 Å². The highest BCUT2D eigenvalue weighted by Gasteiger charge is 2.22. The first-order valence-electron chi connectivity index (χ1n) is 13.2. The number of aromatic nitrogens is 2. The molecule has 0 bridgehead atoms. The molecule has 0 unspecified atom stereocenters. The monoisotopic (exact) mass is 581 g/mol. The predicted octanol–water partition coefficient (Wildman–Crippen LogP) is 1.65. The zero-order valence-corrected chi connectivity index (χ0v) is 23.8. The van der Waals surface area contributed by atoms with Crippen LogP contribution in [0.5, 0.6) is 0 Å². The fourth-order valence-corrected chi connectivity index (χ4v) is 4.99. The van der Waals surface area contributed by atoms with Gasteiger partial charge in [-0.15, -0.1) is 0 Å². The van der Waals surface area contributed by atoms with Crippen LogP contribution >= 0.6 is 0 Å². The highest BCUT2D eigenvalue weighted by Crippen LogP contribution is 2.15. The lowest BCUT2D eigenvalue weighted by Crippen LogP contribution is -2.43. The quantitative estimate of drug-likeness (QED) is 0.147. The maximum atomic E-state index is 12.8. The van der Waals surface area contributed by atoms with Gasteiger partial charge in [0.2, 0.25) is 11.8 Å². The molecule has 0 saturated carbocycles. The number of ether oxygens (including phenoxy) is 1. The molecule has 2 atom stereocenters. The first-order valence-corrected chi connectivity index (χ1v) is 14.6. The molecular formula is C29H35N5O6S. The number of hydrogen-bond acceptors (Lipinski definition) is 8. The maximum absolute atomic E-state index is 12.8. The lowest BCUT2D eigenvalue weighted by atomic mass is 10.1. The molecule has 0 aliphatic carbocycles. The second-order valence-corrected chi connectivity index (χ2v) is 11.2. The standard InChI is InChI=1S/C29H35N5O6S/c1-3-40-29(37)26(17-22-9-5-4-6-10-22)33-27(35)11-7-8-16-31-28(36)25(30)18-23-19-34(20-32-23)41(38,39)24-14-12-21(2)13-15-24/h4-7,9-15,19-20,25-26H,3,8,16-18,30H2,1-2H3,(H,31,36)(H,33,35)/b11-7+/t25-,26-/m0/s1. The summed E-state index contributed by atoms with van der Waals surface area (Å²) in [6.07, 6.45) is 6.06. The predicted molar refractivity (Wildman–Crippen MR) is 153 cm³/mol. The number of aryl methyl sites for hydroxylation is 1. The molecule has 4 N–H and O–H groups in total. The Hall–Kier alpha value is -4.29. The van der Waals surface area contributed by atoms with Crippen molar-refractivity contribution in [2.75, 3.05) is 13.2 Å². The van der Waals surface area contributed by atoms with Crippen molar-refractivity contribution in [3.05, 3.63) is 96.1 Å². The SMILES string of the molecule is CCOC(=O)[C@H](Cc1ccccc1)NC(=O)/C=C/CCNC(=O)[C@@H](N)Cc1cn(S(=O)(=O)c2ccc(C)cc2)cn1. The van der Waals surface area contributed by atoms with Crippen LogP contribution in [0.4, 0.5) is 0 Å². The molecule has 41 heavy (non-hydrogen) atoms. The van der Waals surface area contributed by atoms with Crippen LogP contribution in [0.15, 0.2) is 84.2 Å². The third kappa shape index (κ3) is 9.40. The molecular weight excluding hydrogens is 546 g/mol. The Morgan fingerprint density at radius 1 is 1.07 bits per heavy atom. The van der Waals surface area contributed by atoms with Crippen molar-refractivity contribution in [3.63, 3.8) is 0 Å². The molecule has 0 fully saturated rings. The lowest BCUT2D eigenvalue weighted by molar-refractivity contribution is -0.147. The molecule has 0 spiro atoms.